The summed E-state index contributed by atoms with van der Waals surface area (Å²) < 4.78 is 31.9. The summed E-state index contributed by atoms with van der Waals surface area (Å²) in [7, 11) is -4.02. The van der Waals surface area contributed by atoms with Gasteiger partial charge in [-0.15, -0.1) is 0 Å². The maximum atomic E-state index is 12.7. The van der Waals surface area contributed by atoms with E-state index in [-0.39, 0.29) is 21.7 Å². The van der Waals surface area contributed by atoms with Crippen LogP contribution in [0.1, 0.15) is 0 Å². The number of hydrogen-bond donors (Lipinski definition) is 2. The van der Waals surface area contributed by atoms with Crippen LogP contribution in [0.2, 0.25) is 0 Å². The van der Waals surface area contributed by atoms with E-state index in [0.717, 1.165) is 18.0 Å². The van der Waals surface area contributed by atoms with Crippen LogP contribution in [0.3, 0.4) is 0 Å². The molecule has 0 unspecified atom stereocenters. The highest BCUT2D eigenvalue weighted by molar-refractivity contribution is 9.10. The Labute approximate surface area is 213 Å². The van der Waals surface area contributed by atoms with Crippen molar-refractivity contribution in [1.29, 1.82) is 0 Å². The van der Waals surface area contributed by atoms with Crippen molar-refractivity contribution in [2.45, 2.75) is 14.9 Å². The first-order valence-corrected chi connectivity index (χ1v) is 13.4. The third-order valence-corrected chi connectivity index (χ3v) is 7.79. The normalized spacial score (nSPS) is 11.1. The Morgan fingerprint density at radius 1 is 0.971 bits per heavy atom. The number of carbonyl (C=O) groups is 1. The number of ether oxygens (including phenoxy) is 1. The summed E-state index contributed by atoms with van der Waals surface area (Å²) in [5.41, 5.74) is -0.228. The molecular formula is C24H18BrN3O5S2. The molecule has 2 N–H and O–H groups in total. The minimum Gasteiger partial charge on any atom is -0.457 e. The van der Waals surface area contributed by atoms with Gasteiger partial charge in [-0.25, -0.2) is 13.4 Å². The molecule has 178 valence electrons. The van der Waals surface area contributed by atoms with Gasteiger partial charge >= 0.3 is 0 Å². The second kappa shape index (κ2) is 10.9. The summed E-state index contributed by atoms with van der Waals surface area (Å²) >= 11 is 4.22. The van der Waals surface area contributed by atoms with Gasteiger partial charge in [-0.1, -0.05) is 45.9 Å². The minimum absolute atomic E-state index is 0.0204. The standard InChI is InChI=1S/C24H18BrN3O5S2/c25-16-6-12-20(13-7-16)35(31,32)21-14-26-24(28-23(21)30)34-15-22(29)27-17-8-10-19(11-9-17)33-18-4-2-1-3-5-18/h1-14H,15H2,(H,27,29)(H,26,28,30). The number of nitrogens with one attached hydrogen (secondary N) is 2. The van der Waals surface area contributed by atoms with Crippen LogP contribution in [0.5, 0.6) is 11.5 Å². The third kappa shape index (κ3) is 6.38. The Balaban J connectivity index is 1.35. The number of aromatic nitrogens is 2. The number of aromatic amines is 1. The molecule has 1 amide bonds. The fourth-order valence-corrected chi connectivity index (χ4v) is 5.07. The number of rotatable bonds is 8. The van der Waals surface area contributed by atoms with E-state index >= 15 is 0 Å². The van der Waals surface area contributed by atoms with Crippen LogP contribution in [-0.2, 0) is 14.6 Å². The molecule has 0 fully saturated rings. The molecule has 0 aliphatic carbocycles. The largest absolute Gasteiger partial charge is 0.457 e. The number of sulfone groups is 1. The van der Waals surface area contributed by atoms with E-state index < -0.39 is 20.3 Å². The fourth-order valence-electron chi connectivity index (χ4n) is 2.93. The predicted molar refractivity (Wildman–Crippen MR) is 137 cm³/mol. The van der Waals surface area contributed by atoms with Gasteiger partial charge < -0.3 is 15.0 Å². The van der Waals surface area contributed by atoms with Crippen molar-refractivity contribution in [3.05, 3.63) is 99.9 Å². The number of hydrogen-bond acceptors (Lipinski definition) is 7. The maximum Gasteiger partial charge on any atom is 0.270 e. The molecule has 0 aliphatic heterocycles. The summed E-state index contributed by atoms with van der Waals surface area (Å²) in [5, 5.41) is 2.88. The second-order valence-corrected chi connectivity index (χ2v) is 10.9. The third-order valence-electron chi connectivity index (χ3n) is 4.61. The first-order chi connectivity index (χ1) is 16.8. The molecule has 8 nitrogen and oxygen atoms in total. The van der Waals surface area contributed by atoms with Gasteiger partial charge in [0.15, 0.2) is 10.1 Å². The lowest BCUT2D eigenvalue weighted by Crippen LogP contribution is -2.20. The lowest BCUT2D eigenvalue weighted by atomic mass is 10.3. The molecule has 0 atom stereocenters. The lowest BCUT2D eigenvalue weighted by Gasteiger charge is -2.08. The first-order valence-electron chi connectivity index (χ1n) is 10.2. The average Bonchev–Trinajstić information content (AvgIpc) is 2.85. The van der Waals surface area contributed by atoms with E-state index in [1.165, 1.54) is 12.1 Å². The SMILES string of the molecule is O=C(CSc1ncc(S(=O)(=O)c2ccc(Br)cc2)c(=O)[nH]1)Nc1ccc(Oc2ccccc2)cc1. The number of carbonyl (C=O) groups excluding carboxylic acids is 1. The van der Waals surface area contributed by atoms with Crippen molar-refractivity contribution in [3.63, 3.8) is 0 Å². The van der Waals surface area contributed by atoms with Crippen LogP contribution in [0.15, 0.2) is 109 Å². The quantitative estimate of drug-likeness (QED) is 0.228. The lowest BCUT2D eigenvalue weighted by molar-refractivity contribution is -0.113. The van der Waals surface area contributed by atoms with Crippen LogP contribution in [0.4, 0.5) is 5.69 Å². The number of nitrogens with zero attached hydrogens (tertiary/aromatic N) is 1. The molecule has 0 spiro atoms. The number of amides is 1. The Morgan fingerprint density at radius 3 is 2.29 bits per heavy atom. The Hall–Kier alpha value is -3.41. The van der Waals surface area contributed by atoms with Crippen molar-refractivity contribution in [2.75, 3.05) is 11.1 Å². The van der Waals surface area contributed by atoms with Crippen molar-refractivity contribution in [2.24, 2.45) is 0 Å². The molecule has 0 saturated heterocycles. The fraction of sp³-hybridized carbons (Fsp3) is 0.0417. The average molecular weight is 572 g/mol. The highest BCUT2D eigenvalue weighted by Gasteiger charge is 2.22. The number of benzene rings is 3. The Morgan fingerprint density at radius 2 is 1.63 bits per heavy atom. The number of para-hydroxylation sites is 1. The van der Waals surface area contributed by atoms with Crippen molar-refractivity contribution < 1.29 is 17.9 Å². The molecule has 4 rings (SSSR count). The molecule has 0 radical (unpaired) electrons. The van der Waals surface area contributed by atoms with Crippen LogP contribution < -0.4 is 15.6 Å². The van der Waals surface area contributed by atoms with Crippen LogP contribution >= 0.6 is 27.7 Å². The maximum absolute atomic E-state index is 12.7. The zero-order chi connectivity index (χ0) is 24.8. The number of halogens is 1. The van der Waals surface area contributed by atoms with E-state index in [4.69, 9.17) is 4.74 Å². The van der Waals surface area contributed by atoms with E-state index in [2.05, 4.69) is 31.2 Å². The Kier molecular flexibility index (Phi) is 7.69. The molecule has 4 aromatic rings. The zero-order valence-corrected chi connectivity index (χ0v) is 21.2. The molecule has 11 heteroatoms. The molecule has 0 aliphatic rings. The molecule has 3 aromatic carbocycles. The van der Waals surface area contributed by atoms with E-state index in [0.29, 0.717) is 21.7 Å². The molecular weight excluding hydrogens is 554 g/mol. The van der Waals surface area contributed by atoms with Gasteiger partial charge in [0.2, 0.25) is 15.7 Å². The summed E-state index contributed by atoms with van der Waals surface area (Å²) in [6, 6.07) is 22.2. The molecule has 0 bridgehead atoms. The van der Waals surface area contributed by atoms with E-state index in [1.807, 2.05) is 30.3 Å². The van der Waals surface area contributed by atoms with Crippen LogP contribution in [0, 0.1) is 0 Å². The predicted octanol–water partition coefficient (Wildman–Crippen LogP) is 4.89. The topological polar surface area (TPSA) is 118 Å². The number of anilines is 1. The molecule has 1 heterocycles. The van der Waals surface area contributed by atoms with Gasteiger partial charge in [-0.2, -0.15) is 0 Å². The zero-order valence-electron chi connectivity index (χ0n) is 18.0. The van der Waals surface area contributed by atoms with E-state index in [9.17, 15) is 18.0 Å². The van der Waals surface area contributed by atoms with Gasteiger partial charge in [0.05, 0.1) is 16.8 Å². The first kappa shape index (κ1) is 24.7. The van der Waals surface area contributed by atoms with Gasteiger partial charge in [0.1, 0.15) is 11.5 Å². The molecule has 1 aromatic heterocycles. The second-order valence-electron chi connectivity index (χ2n) is 7.12. The summed E-state index contributed by atoms with van der Waals surface area (Å²) in [6.45, 7) is 0. The van der Waals surface area contributed by atoms with Crippen LogP contribution in [-0.4, -0.2) is 30.0 Å². The number of H-pyrrole nitrogens is 1. The number of thioether (sulfide) groups is 1. The highest BCUT2D eigenvalue weighted by atomic mass is 79.9. The monoisotopic (exact) mass is 571 g/mol. The van der Waals surface area contributed by atoms with Crippen molar-refractivity contribution in [3.8, 4) is 11.5 Å². The van der Waals surface area contributed by atoms with E-state index in [1.54, 1.807) is 36.4 Å². The van der Waals surface area contributed by atoms with Crippen LogP contribution in [0.25, 0.3) is 0 Å². The van der Waals surface area contributed by atoms with Crippen molar-refractivity contribution >= 4 is 49.1 Å². The van der Waals surface area contributed by atoms with Gasteiger partial charge in [0.25, 0.3) is 5.56 Å². The summed E-state index contributed by atoms with van der Waals surface area (Å²) in [4.78, 5) is 30.7. The summed E-state index contributed by atoms with van der Waals surface area (Å²) in [6.07, 6.45) is 1.00. The summed E-state index contributed by atoms with van der Waals surface area (Å²) in [5.74, 6) is 0.978. The highest BCUT2D eigenvalue weighted by Crippen LogP contribution is 2.23. The van der Waals surface area contributed by atoms with Gasteiger partial charge in [-0.3, -0.25) is 9.59 Å². The minimum atomic E-state index is -4.02. The Bertz CT molecular complexity index is 1490. The molecule has 0 saturated carbocycles. The molecule has 35 heavy (non-hydrogen) atoms. The van der Waals surface area contributed by atoms with Crippen molar-refractivity contribution in [1.82, 2.24) is 9.97 Å². The van der Waals surface area contributed by atoms with Gasteiger partial charge in [0, 0.05) is 10.2 Å². The van der Waals surface area contributed by atoms with Gasteiger partial charge in [-0.05, 0) is 60.7 Å². The smallest absolute Gasteiger partial charge is 0.270 e.